The van der Waals surface area contributed by atoms with Gasteiger partial charge in [-0.3, -0.25) is 0 Å². The lowest BCUT2D eigenvalue weighted by molar-refractivity contribution is -0.466. The number of nitrogens with zero attached hydrogens (tertiary/aromatic N) is 2. The van der Waals surface area contributed by atoms with Crippen molar-refractivity contribution in [3.63, 3.8) is 0 Å². The topological polar surface area (TPSA) is 89.0 Å². The van der Waals surface area contributed by atoms with Gasteiger partial charge in [-0.1, -0.05) is 42.5 Å². The van der Waals surface area contributed by atoms with Crippen LogP contribution in [0.1, 0.15) is 11.1 Å². The van der Waals surface area contributed by atoms with Crippen molar-refractivity contribution < 1.29 is 19.0 Å². The molecule has 0 fully saturated rings. The van der Waals surface area contributed by atoms with Crippen LogP contribution in [0, 0.1) is 6.92 Å². The van der Waals surface area contributed by atoms with Crippen LogP contribution in [0.25, 0.3) is 21.9 Å². The molecule has 0 unspecified atom stereocenters. The van der Waals surface area contributed by atoms with E-state index in [1.165, 1.54) is 7.05 Å². The number of amides is 2. The van der Waals surface area contributed by atoms with Crippen LogP contribution >= 0.6 is 0 Å². The molecule has 4 rings (SSSR count). The summed E-state index contributed by atoms with van der Waals surface area (Å²) in [6, 6.07) is 25.6. The van der Waals surface area contributed by atoms with Crippen LogP contribution < -0.4 is 20.6 Å². The highest BCUT2D eigenvalue weighted by molar-refractivity contribution is 5.88. The average Bonchev–Trinajstić information content (AvgIpc) is 2.87. The van der Waals surface area contributed by atoms with Gasteiger partial charge in [0.25, 0.3) is 0 Å². The fourth-order valence-corrected chi connectivity index (χ4v) is 3.71. The van der Waals surface area contributed by atoms with Gasteiger partial charge in [-0.05, 0) is 70.8 Å². The zero-order valence-electron chi connectivity index (χ0n) is 19.4. The number of urea groups is 1. The van der Waals surface area contributed by atoms with Gasteiger partial charge in [0.05, 0.1) is 14.2 Å². The molecule has 3 N–H and O–H groups in total. The summed E-state index contributed by atoms with van der Waals surface area (Å²) in [7, 11) is 3.15. The quantitative estimate of drug-likeness (QED) is 0.164. The summed E-state index contributed by atoms with van der Waals surface area (Å²) in [6.07, 6.45) is 0. The molecule has 34 heavy (non-hydrogen) atoms. The number of methoxy groups -OCH3 is 1. The molecule has 0 bridgehead atoms. The van der Waals surface area contributed by atoms with Crippen molar-refractivity contribution >= 4 is 22.5 Å². The summed E-state index contributed by atoms with van der Waals surface area (Å²) in [5.74, 6) is 6.76. The van der Waals surface area contributed by atoms with E-state index in [2.05, 4.69) is 34.8 Å². The molecule has 0 atom stereocenters. The second-order valence-electron chi connectivity index (χ2n) is 7.91. The first-order chi connectivity index (χ1) is 16.5. The van der Waals surface area contributed by atoms with Gasteiger partial charge in [-0.25, -0.2) is 16.0 Å². The summed E-state index contributed by atoms with van der Waals surface area (Å²) < 4.78 is 12.5. The highest BCUT2D eigenvalue weighted by atomic mass is 16.5. The molecule has 0 aliphatic heterocycles. The third-order valence-electron chi connectivity index (χ3n) is 5.72. The molecule has 4 aromatic carbocycles. The number of nitrogens with two attached hydrogens (primary N) is 1. The molecule has 172 valence electrons. The van der Waals surface area contributed by atoms with Crippen molar-refractivity contribution in [2.75, 3.05) is 19.5 Å². The molecule has 7 heteroatoms. The summed E-state index contributed by atoms with van der Waals surface area (Å²) in [6.45, 7) is 2.28. The van der Waals surface area contributed by atoms with E-state index in [0.717, 1.165) is 49.2 Å². The second kappa shape index (κ2) is 10.0. The molecule has 0 spiro atoms. The van der Waals surface area contributed by atoms with Gasteiger partial charge >= 0.3 is 6.03 Å². The molecule has 0 heterocycles. The predicted molar refractivity (Wildman–Crippen MR) is 133 cm³/mol. The van der Waals surface area contributed by atoms with Gasteiger partial charge < -0.3 is 9.47 Å². The monoisotopic (exact) mass is 455 g/mol. The smallest absolute Gasteiger partial charge is 0.459 e. The summed E-state index contributed by atoms with van der Waals surface area (Å²) in [5, 5.41) is 8.40. The van der Waals surface area contributed by atoms with Crippen LogP contribution in [-0.4, -0.2) is 24.9 Å². The maximum absolute atomic E-state index is 12.2. The van der Waals surface area contributed by atoms with E-state index >= 15 is 0 Å². The van der Waals surface area contributed by atoms with E-state index in [9.17, 15) is 4.79 Å². The third kappa shape index (κ3) is 4.99. The van der Waals surface area contributed by atoms with Crippen LogP contribution in [0.4, 0.5) is 10.5 Å². The first-order valence-electron chi connectivity index (χ1n) is 10.8. The molecular formula is C27H27N4O3+. The van der Waals surface area contributed by atoms with E-state index < -0.39 is 6.03 Å². The zero-order chi connectivity index (χ0) is 24.1. The Bertz CT molecular complexity index is 1380. The van der Waals surface area contributed by atoms with Crippen molar-refractivity contribution in [1.29, 1.82) is 0 Å². The number of hydrogen-bond acceptors (Lipinski definition) is 4. The van der Waals surface area contributed by atoms with Crippen molar-refractivity contribution in [1.82, 2.24) is 0 Å². The average molecular weight is 456 g/mol. The van der Waals surface area contributed by atoms with Gasteiger partial charge in [0.1, 0.15) is 23.8 Å². The van der Waals surface area contributed by atoms with Gasteiger partial charge in [0.2, 0.25) is 0 Å². The minimum Gasteiger partial charge on any atom is -0.497 e. The van der Waals surface area contributed by atoms with Crippen molar-refractivity contribution in [2.24, 2.45) is 11.1 Å². The van der Waals surface area contributed by atoms with Crippen LogP contribution in [0.2, 0.25) is 0 Å². The second-order valence-corrected chi connectivity index (χ2v) is 7.91. The Morgan fingerprint density at radius 1 is 0.941 bits per heavy atom. The zero-order valence-corrected chi connectivity index (χ0v) is 19.4. The number of rotatable bonds is 6. The first-order valence-corrected chi connectivity index (χ1v) is 10.8. The number of benzene rings is 4. The molecule has 0 saturated heterocycles. The van der Waals surface area contributed by atoms with E-state index in [4.69, 9.17) is 15.3 Å². The molecule has 0 aliphatic carbocycles. The lowest BCUT2D eigenvalue weighted by Gasteiger charge is -2.13. The maximum atomic E-state index is 12.2. The number of carbonyl (C=O) groups is 1. The van der Waals surface area contributed by atoms with E-state index in [0.29, 0.717) is 12.3 Å². The number of carbonyl (C=O) groups excluding carboxylic acids is 1. The molecule has 4 aromatic rings. The Morgan fingerprint density at radius 2 is 1.71 bits per heavy atom. The van der Waals surface area contributed by atoms with E-state index in [1.54, 1.807) is 7.11 Å². The molecule has 0 aliphatic rings. The Hall–Kier alpha value is -4.39. The highest BCUT2D eigenvalue weighted by Crippen LogP contribution is 2.30. The normalized spacial score (nSPS) is 11.3. The van der Waals surface area contributed by atoms with Crippen LogP contribution in [0.5, 0.6) is 11.5 Å². The summed E-state index contributed by atoms with van der Waals surface area (Å²) in [5.41, 5.74) is 4.73. The third-order valence-corrected chi connectivity index (χ3v) is 5.72. The van der Waals surface area contributed by atoms with Gasteiger partial charge in [-0.15, -0.1) is 4.70 Å². The van der Waals surface area contributed by atoms with E-state index in [-0.39, 0.29) is 0 Å². The lowest BCUT2D eigenvalue weighted by atomic mass is 10.0. The number of nitrogens with one attached hydrogen (secondary N) is 1. The SMILES string of the molecule is COc1cccc(-c2ccc3ccc(OCc4c(C)cccc4NC(=O)/[N+](C)=N\N)cc3c2)c1. The largest absolute Gasteiger partial charge is 0.497 e. The summed E-state index contributed by atoms with van der Waals surface area (Å²) in [4.78, 5) is 12.2. The van der Waals surface area contributed by atoms with Crippen molar-refractivity contribution in [3.8, 4) is 22.6 Å². The number of aryl methyl sites for hydroxylation is 1. The first kappa shape index (κ1) is 22.8. The number of fused-ring (bicyclic) bond motifs is 1. The molecular weight excluding hydrogens is 428 g/mol. The Labute approximate surface area is 198 Å². The van der Waals surface area contributed by atoms with Gasteiger partial charge in [-0.2, -0.15) is 0 Å². The minimum atomic E-state index is -0.426. The van der Waals surface area contributed by atoms with Crippen molar-refractivity contribution in [3.05, 3.63) is 90.0 Å². The number of anilines is 1. The highest BCUT2D eigenvalue weighted by Gasteiger charge is 2.16. The van der Waals surface area contributed by atoms with Crippen LogP contribution in [0.15, 0.2) is 84.1 Å². The molecule has 0 saturated carbocycles. The summed E-state index contributed by atoms with van der Waals surface area (Å²) >= 11 is 0. The lowest BCUT2D eigenvalue weighted by Crippen LogP contribution is -2.23. The standard InChI is InChI=1S/C27H26N4O3/c1-18-6-4-9-26(29-27(32)31(2)30-28)25(18)17-34-24-13-12-19-10-11-21(14-22(19)16-24)20-7-5-8-23(15-20)33-3/h4-16,28H,17H2,1-3H3,(H,29,32)/p+1. The Balaban J connectivity index is 1.58. The van der Waals surface area contributed by atoms with E-state index in [1.807, 2.05) is 61.5 Å². The fraction of sp³-hybridized carbons (Fsp3) is 0.148. The van der Waals surface area contributed by atoms with Crippen molar-refractivity contribution in [2.45, 2.75) is 13.5 Å². The maximum Gasteiger partial charge on any atom is 0.459 e. The predicted octanol–water partition coefficient (Wildman–Crippen LogP) is 5.90. The number of ether oxygens (including phenoxy) is 2. The Morgan fingerprint density at radius 3 is 2.50 bits per heavy atom. The fourth-order valence-electron chi connectivity index (χ4n) is 3.71. The van der Waals surface area contributed by atoms with Crippen LogP contribution in [-0.2, 0) is 6.61 Å². The van der Waals surface area contributed by atoms with Gasteiger partial charge in [0.15, 0.2) is 0 Å². The molecule has 7 nitrogen and oxygen atoms in total. The Kier molecular flexibility index (Phi) is 6.73. The van der Waals surface area contributed by atoms with Crippen LogP contribution in [0.3, 0.4) is 0 Å². The van der Waals surface area contributed by atoms with Gasteiger partial charge in [0, 0.05) is 10.8 Å². The number of hydrogen-bond donors (Lipinski definition) is 2. The molecule has 0 radical (unpaired) electrons. The minimum absolute atomic E-state index is 0.298. The molecule has 2 amide bonds. The molecule has 0 aromatic heterocycles.